The van der Waals surface area contributed by atoms with Crippen LogP contribution in [-0.2, 0) is 0 Å². The standard InChI is InChI=1S/C13H20N/c1-2-3-4-8-12-10-11-7-5-6-9-13(11)14-12/h10H,2-9H2,1H3. The minimum atomic E-state index is 1.20. The highest BCUT2D eigenvalue weighted by Crippen LogP contribution is 2.31. The lowest BCUT2D eigenvalue weighted by Crippen LogP contribution is -2.03. The number of hydrogen-bond donors (Lipinski definition) is 0. The highest BCUT2D eigenvalue weighted by molar-refractivity contribution is 5.37. The molecule has 0 aromatic carbocycles. The lowest BCUT2D eigenvalue weighted by Gasteiger charge is -2.11. The van der Waals surface area contributed by atoms with E-state index in [-0.39, 0.29) is 0 Å². The summed E-state index contributed by atoms with van der Waals surface area (Å²) in [6, 6.07) is 0. The first kappa shape index (κ1) is 9.82. The van der Waals surface area contributed by atoms with E-state index in [0.29, 0.717) is 0 Å². The first-order valence-corrected chi connectivity index (χ1v) is 6.04. The molecule has 0 aromatic rings. The molecule has 2 rings (SSSR count). The minimum Gasteiger partial charge on any atom is -0.258 e. The highest BCUT2D eigenvalue weighted by atomic mass is 14.9. The highest BCUT2D eigenvalue weighted by Gasteiger charge is 2.19. The predicted octanol–water partition coefficient (Wildman–Crippen LogP) is 3.90. The van der Waals surface area contributed by atoms with Gasteiger partial charge in [-0.15, -0.1) is 0 Å². The van der Waals surface area contributed by atoms with Crippen molar-refractivity contribution in [3.8, 4) is 0 Å². The Hall–Kier alpha value is -0.720. The number of hydrogen-bond acceptors (Lipinski definition) is 0. The molecular weight excluding hydrogens is 170 g/mol. The molecule has 0 fully saturated rings. The van der Waals surface area contributed by atoms with E-state index < -0.39 is 0 Å². The maximum Gasteiger partial charge on any atom is 0.0439 e. The van der Waals surface area contributed by atoms with Crippen LogP contribution in [0.25, 0.3) is 0 Å². The Bertz CT molecular complexity index is 260. The van der Waals surface area contributed by atoms with Gasteiger partial charge in [-0.25, -0.2) is 0 Å². The zero-order valence-corrected chi connectivity index (χ0v) is 9.18. The minimum absolute atomic E-state index is 1.20. The van der Waals surface area contributed by atoms with Gasteiger partial charge in [-0.1, -0.05) is 19.8 Å². The average Bonchev–Trinajstić information content (AvgIpc) is 2.60. The molecule has 0 unspecified atom stereocenters. The zero-order chi connectivity index (χ0) is 9.80. The van der Waals surface area contributed by atoms with E-state index in [1.807, 2.05) is 0 Å². The second-order valence-electron chi connectivity index (χ2n) is 4.38. The molecule has 1 aliphatic carbocycles. The van der Waals surface area contributed by atoms with Crippen molar-refractivity contribution in [2.24, 2.45) is 0 Å². The van der Waals surface area contributed by atoms with E-state index in [2.05, 4.69) is 13.0 Å². The molecule has 0 bridgehead atoms. The van der Waals surface area contributed by atoms with E-state index in [0.717, 1.165) is 0 Å². The molecule has 1 radical (unpaired) electrons. The van der Waals surface area contributed by atoms with Crippen LogP contribution in [-0.4, -0.2) is 0 Å². The fourth-order valence-electron chi connectivity index (χ4n) is 2.29. The Morgan fingerprint density at radius 1 is 1.21 bits per heavy atom. The molecule has 0 spiro atoms. The largest absolute Gasteiger partial charge is 0.258 e. The van der Waals surface area contributed by atoms with Crippen LogP contribution in [0.1, 0.15) is 58.3 Å². The summed E-state index contributed by atoms with van der Waals surface area (Å²) in [6.07, 6.45) is 12.7. The van der Waals surface area contributed by atoms with Crippen LogP contribution in [0.3, 0.4) is 0 Å². The lowest BCUT2D eigenvalue weighted by atomic mass is 9.98. The number of allylic oxidation sites excluding steroid dienone is 4. The molecule has 0 saturated carbocycles. The Kier molecular flexibility index (Phi) is 3.28. The Morgan fingerprint density at radius 2 is 2.07 bits per heavy atom. The Labute approximate surface area is 87.3 Å². The van der Waals surface area contributed by atoms with E-state index in [1.165, 1.54) is 62.8 Å². The van der Waals surface area contributed by atoms with Crippen LogP contribution < -0.4 is 5.32 Å². The normalized spacial score (nSPS) is 20.5. The zero-order valence-electron chi connectivity index (χ0n) is 9.18. The van der Waals surface area contributed by atoms with Crippen LogP contribution >= 0.6 is 0 Å². The van der Waals surface area contributed by atoms with Crippen molar-refractivity contribution < 1.29 is 0 Å². The molecule has 0 atom stereocenters. The summed E-state index contributed by atoms with van der Waals surface area (Å²) in [4.78, 5) is 0. The monoisotopic (exact) mass is 190 g/mol. The van der Waals surface area contributed by atoms with Gasteiger partial charge in [0.2, 0.25) is 0 Å². The summed E-state index contributed by atoms with van der Waals surface area (Å²) in [5.41, 5.74) is 4.30. The summed E-state index contributed by atoms with van der Waals surface area (Å²) < 4.78 is 0. The molecule has 1 heterocycles. The third-order valence-electron chi connectivity index (χ3n) is 3.14. The van der Waals surface area contributed by atoms with Gasteiger partial charge in [0.1, 0.15) is 0 Å². The van der Waals surface area contributed by atoms with Crippen molar-refractivity contribution in [1.29, 1.82) is 0 Å². The van der Waals surface area contributed by atoms with Gasteiger partial charge >= 0.3 is 0 Å². The molecule has 77 valence electrons. The maximum absolute atomic E-state index is 4.72. The number of nitrogens with zero attached hydrogens (tertiary/aromatic N) is 1. The fraction of sp³-hybridized carbons (Fsp3) is 0.692. The average molecular weight is 190 g/mol. The van der Waals surface area contributed by atoms with E-state index in [1.54, 1.807) is 5.57 Å². The third-order valence-corrected chi connectivity index (χ3v) is 3.14. The first-order valence-electron chi connectivity index (χ1n) is 6.04. The third kappa shape index (κ3) is 2.20. The first-order chi connectivity index (χ1) is 6.90. The topological polar surface area (TPSA) is 14.1 Å². The summed E-state index contributed by atoms with van der Waals surface area (Å²) in [5, 5.41) is 4.72. The molecule has 0 amide bonds. The van der Waals surface area contributed by atoms with Crippen molar-refractivity contribution >= 4 is 0 Å². The van der Waals surface area contributed by atoms with Crippen LogP contribution in [0.5, 0.6) is 0 Å². The van der Waals surface area contributed by atoms with Crippen LogP contribution in [0.2, 0.25) is 0 Å². The Balaban J connectivity index is 1.82. The second kappa shape index (κ2) is 4.68. The lowest BCUT2D eigenvalue weighted by molar-refractivity contribution is 0.646. The van der Waals surface area contributed by atoms with Crippen molar-refractivity contribution in [1.82, 2.24) is 5.32 Å². The molecule has 1 heteroatoms. The number of unbranched alkanes of at least 4 members (excludes halogenated alkanes) is 2. The predicted molar refractivity (Wildman–Crippen MR) is 59.9 cm³/mol. The van der Waals surface area contributed by atoms with Crippen molar-refractivity contribution in [3.05, 3.63) is 23.0 Å². The van der Waals surface area contributed by atoms with Gasteiger partial charge in [0.25, 0.3) is 0 Å². The number of rotatable bonds is 4. The smallest absolute Gasteiger partial charge is 0.0439 e. The summed E-state index contributed by atoms with van der Waals surface area (Å²) in [6.45, 7) is 2.25. The van der Waals surface area contributed by atoms with Crippen LogP contribution in [0.4, 0.5) is 0 Å². The van der Waals surface area contributed by atoms with Crippen molar-refractivity contribution in [2.75, 3.05) is 0 Å². The van der Waals surface area contributed by atoms with E-state index in [4.69, 9.17) is 5.32 Å². The molecule has 1 nitrogen and oxygen atoms in total. The Morgan fingerprint density at radius 3 is 2.86 bits per heavy atom. The van der Waals surface area contributed by atoms with Gasteiger partial charge in [-0.2, -0.15) is 0 Å². The van der Waals surface area contributed by atoms with Crippen LogP contribution in [0, 0.1) is 0 Å². The van der Waals surface area contributed by atoms with Gasteiger partial charge < -0.3 is 0 Å². The van der Waals surface area contributed by atoms with Crippen molar-refractivity contribution in [3.63, 3.8) is 0 Å². The molecule has 1 aliphatic heterocycles. The maximum atomic E-state index is 4.72. The molecule has 2 aliphatic rings. The van der Waals surface area contributed by atoms with Gasteiger partial charge in [-0.3, -0.25) is 5.32 Å². The van der Waals surface area contributed by atoms with E-state index >= 15 is 0 Å². The quantitative estimate of drug-likeness (QED) is 0.597. The molecule has 14 heavy (non-hydrogen) atoms. The van der Waals surface area contributed by atoms with Crippen LogP contribution in [0.15, 0.2) is 23.0 Å². The van der Waals surface area contributed by atoms with Gasteiger partial charge in [0, 0.05) is 11.4 Å². The SMILES string of the molecule is CCCCCC1=CC2=C(CCCC2)[N]1. The molecule has 0 aromatic heterocycles. The molecule has 0 N–H and O–H groups in total. The van der Waals surface area contributed by atoms with Gasteiger partial charge in [-0.05, 0) is 50.2 Å². The summed E-state index contributed by atoms with van der Waals surface area (Å²) in [7, 11) is 0. The fourth-order valence-corrected chi connectivity index (χ4v) is 2.29. The molecular formula is C13H20N. The van der Waals surface area contributed by atoms with Crippen molar-refractivity contribution in [2.45, 2.75) is 58.3 Å². The van der Waals surface area contributed by atoms with Gasteiger partial charge in [0.05, 0.1) is 0 Å². The van der Waals surface area contributed by atoms with Gasteiger partial charge in [0.15, 0.2) is 0 Å². The molecule has 0 saturated heterocycles. The van der Waals surface area contributed by atoms with E-state index in [9.17, 15) is 0 Å². The second-order valence-corrected chi connectivity index (χ2v) is 4.38. The summed E-state index contributed by atoms with van der Waals surface area (Å²) >= 11 is 0. The summed E-state index contributed by atoms with van der Waals surface area (Å²) in [5.74, 6) is 0.